The van der Waals surface area contributed by atoms with Crippen molar-refractivity contribution in [1.29, 1.82) is 5.26 Å². The maximum absolute atomic E-state index is 12.6. The van der Waals surface area contributed by atoms with E-state index in [1.807, 2.05) is 31.2 Å². The third kappa shape index (κ3) is 5.70. The lowest BCUT2D eigenvalue weighted by Gasteiger charge is -2.27. The van der Waals surface area contributed by atoms with E-state index in [1.165, 1.54) is 0 Å². The van der Waals surface area contributed by atoms with Crippen molar-refractivity contribution in [2.45, 2.75) is 33.1 Å². The first-order chi connectivity index (χ1) is 17.8. The lowest BCUT2D eigenvalue weighted by atomic mass is 9.83. The average Bonchev–Trinajstić information content (AvgIpc) is 2.87. The van der Waals surface area contributed by atoms with Gasteiger partial charge in [0.15, 0.2) is 11.5 Å². The second-order valence-electron chi connectivity index (χ2n) is 9.32. The Bertz CT molecular complexity index is 1390. The maximum Gasteiger partial charge on any atom is 0.343 e. The fourth-order valence-corrected chi connectivity index (χ4v) is 4.17. The molecule has 0 aromatic heterocycles. The monoisotopic (exact) mass is 498 g/mol. The molecule has 2 N–H and O–H groups in total. The number of methoxy groups -OCH3 is 1. The minimum Gasteiger partial charge on any atom is -0.493 e. The molecule has 3 aromatic rings. The minimum absolute atomic E-state index is 0.00149. The number of nitrogens with zero attached hydrogens (tertiary/aromatic N) is 1. The zero-order chi connectivity index (χ0) is 26.5. The van der Waals surface area contributed by atoms with Crippen LogP contribution in [0, 0.1) is 24.2 Å². The SMILES string of the molecule is COc1cc(C2C(C#N)=C(N)Oc3cc(OC(=O)c4cccc(C)c4)ccc32)ccc1OCCC(C)C. The Morgan fingerprint density at radius 2 is 1.92 bits per heavy atom. The van der Waals surface area contributed by atoms with Crippen LogP contribution in [0.3, 0.4) is 0 Å². The molecule has 1 heterocycles. The van der Waals surface area contributed by atoms with Crippen molar-refractivity contribution >= 4 is 5.97 Å². The highest BCUT2D eigenvalue weighted by Gasteiger charge is 2.32. The van der Waals surface area contributed by atoms with E-state index < -0.39 is 11.9 Å². The number of nitriles is 1. The van der Waals surface area contributed by atoms with Gasteiger partial charge in [0.25, 0.3) is 0 Å². The first kappa shape index (κ1) is 25.6. The van der Waals surface area contributed by atoms with Gasteiger partial charge >= 0.3 is 5.97 Å². The molecule has 7 heteroatoms. The van der Waals surface area contributed by atoms with Gasteiger partial charge in [-0.2, -0.15) is 5.26 Å². The van der Waals surface area contributed by atoms with Gasteiger partial charge in [0, 0.05) is 11.6 Å². The van der Waals surface area contributed by atoms with Crippen molar-refractivity contribution in [1.82, 2.24) is 0 Å². The van der Waals surface area contributed by atoms with Crippen molar-refractivity contribution < 1.29 is 23.7 Å². The first-order valence-electron chi connectivity index (χ1n) is 12.1. The summed E-state index contributed by atoms with van der Waals surface area (Å²) in [6.07, 6.45) is 0.923. The number of carbonyl (C=O) groups excluding carboxylic acids is 1. The van der Waals surface area contributed by atoms with E-state index in [9.17, 15) is 10.1 Å². The Morgan fingerprint density at radius 1 is 1.11 bits per heavy atom. The predicted octanol–water partition coefficient (Wildman–Crippen LogP) is 5.87. The third-order valence-corrected chi connectivity index (χ3v) is 6.13. The second-order valence-corrected chi connectivity index (χ2v) is 9.32. The standard InChI is InChI=1S/C30H30N2O5/c1-18(2)12-13-35-25-11-8-20(15-27(25)34-4)28-23-10-9-22(16-26(23)37-29(32)24(28)17-31)36-30(33)21-7-5-6-19(3)14-21/h5-11,14-16,18,28H,12-13,32H2,1-4H3. The number of allylic oxidation sites excluding steroid dienone is 1. The van der Waals surface area contributed by atoms with Crippen LogP contribution in [0.1, 0.15) is 53.2 Å². The Kier molecular flexibility index (Phi) is 7.69. The topological polar surface area (TPSA) is 104 Å². The Balaban J connectivity index is 1.65. The van der Waals surface area contributed by atoms with Gasteiger partial charge in [-0.1, -0.05) is 43.7 Å². The Hall–Kier alpha value is -4.44. The molecule has 1 aliphatic rings. The van der Waals surface area contributed by atoms with Crippen LogP contribution in [0.15, 0.2) is 72.1 Å². The summed E-state index contributed by atoms with van der Waals surface area (Å²) in [5.41, 5.74) is 9.36. The van der Waals surface area contributed by atoms with Gasteiger partial charge in [-0.05, 0) is 55.2 Å². The average molecular weight is 499 g/mol. The van der Waals surface area contributed by atoms with Crippen LogP contribution < -0.4 is 24.7 Å². The minimum atomic E-state index is -0.492. The van der Waals surface area contributed by atoms with Crippen molar-refractivity contribution in [2.24, 2.45) is 11.7 Å². The molecule has 0 fully saturated rings. The van der Waals surface area contributed by atoms with Crippen LogP contribution in [-0.2, 0) is 0 Å². The van der Waals surface area contributed by atoms with E-state index in [1.54, 1.807) is 43.5 Å². The first-order valence-corrected chi connectivity index (χ1v) is 12.1. The summed E-state index contributed by atoms with van der Waals surface area (Å²) in [6, 6.07) is 20.0. The maximum atomic E-state index is 12.6. The Labute approximate surface area is 217 Å². The molecular weight excluding hydrogens is 468 g/mol. The lowest BCUT2D eigenvalue weighted by molar-refractivity contribution is 0.0734. The van der Waals surface area contributed by atoms with Gasteiger partial charge in [0.1, 0.15) is 23.1 Å². The summed E-state index contributed by atoms with van der Waals surface area (Å²) in [5, 5.41) is 9.90. The number of aryl methyl sites for hydroxylation is 1. The largest absolute Gasteiger partial charge is 0.493 e. The quantitative estimate of drug-likeness (QED) is 0.306. The molecule has 0 amide bonds. The number of hydrogen-bond acceptors (Lipinski definition) is 7. The molecule has 37 heavy (non-hydrogen) atoms. The normalized spacial score (nSPS) is 14.4. The van der Waals surface area contributed by atoms with Gasteiger partial charge in [0.2, 0.25) is 5.88 Å². The van der Waals surface area contributed by atoms with E-state index in [0.29, 0.717) is 41.1 Å². The van der Waals surface area contributed by atoms with Gasteiger partial charge < -0.3 is 24.7 Å². The summed E-state index contributed by atoms with van der Waals surface area (Å²) in [5.74, 6) is 1.47. The molecule has 0 saturated carbocycles. The summed E-state index contributed by atoms with van der Waals surface area (Å²) in [7, 11) is 1.58. The van der Waals surface area contributed by atoms with E-state index in [2.05, 4.69) is 19.9 Å². The number of rotatable bonds is 8. The zero-order valence-corrected chi connectivity index (χ0v) is 21.4. The van der Waals surface area contributed by atoms with Crippen LogP contribution in [0.25, 0.3) is 0 Å². The van der Waals surface area contributed by atoms with Gasteiger partial charge in [-0.15, -0.1) is 0 Å². The number of fused-ring (bicyclic) bond motifs is 1. The highest BCUT2D eigenvalue weighted by Crippen LogP contribution is 2.45. The Morgan fingerprint density at radius 3 is 2.62 bits per heavy atom. The van der Waals surface area contributed by atoms with Crippen molar-refractivity contribution in [2.75, 3.05) is 13.7 Å². The van der Waals surface area contributed by atoms with Crippen LogP contribution in [-0.4, -0.2) is 19.7 Å². The van der Waals surface area contributed by atoms with Gasteiger partial charge in [0.05, 0.1) is 25.2 Å². The summed E-state index contributed by atoms with van der Waals surface area (Å²) in [6.45, 7) is 6.77. The summed E-state index contributed by atoms with van der Waals surface area (Å²) >= 11 is 0. The fourth-order valence-electron chi connectivity index (χ4n) is 4.17. The predicted molar refractivity (Wildman–Crippen MR) is 140 cm³/mol. The number of nitrogens with two attached hydrogens (primary N) is 1. The van der Waals surface area contributed by atoms with E-state index in [4.69, 9.17) is 24.7 Å². The van der Waals surface area contributed by atoms with Crippen LogP contribution in [0.4, 0.5) is 0 Å². The molecule has 0 aliphatic carbocycles. The molecule has 1 unspecified atom stereocenters. The van der Waals surface area contributed by atoms with Crippen LogP contribution in [0.2, 0.25) is 0 Å². The molecule has 0 radical (unpaired) electrons. The molecule has 0 spiro atoms. The molecule has 190 valence electrons. The number of hydrogen-bond donors (Lipinski definition) is 1. The van der Waals surface area contributed by atoms with E-state index in [-0.39, 0.29) is 11.5 Å². The molecule has 3 aromatic carbocycles. The zero-order valence-electron chi connectivity index (χ0n) is 21.4. The highest BCUT2D eigenvalue weighted by atomic mass is 16.5. The lowest BCUT2D eigenvalue weighted by Crippen LogP contribution is -2.21. The number of ether oxygens (including phenoxy) is 4. The third-order valence-electron chi connectivity index (χ3n) is 6.13. The highest BCUT2D eigenvalue weighted by molar-refractivity contribution is 5.91. The smallest absolute Gasteiger partial charge is 0.343 e. The van der Waals surface area contributed by atoms with Crippen LogP contribution >= 0.6 is 0 Å². The van der Waals surface area contributed by atoms with E-state index in [0.717, 1.165) is 23.1 Å². The molecular formula is C30H30N2O5. The van der Waals surface area contributed by atoms with Crippen LogP contribution in [0.5, 0.6) is 23.0 Å². The summed E-state index contributed by atoms with van der Waals surface area (Å²) < 4.78 is 22.9. The van der Waals surface area contributed by atoms with Gasteiger partial charge in [-0.25, -0.2) is 4.79 Å². The molecule has 1 atom stereocenters. The van der Waals surface area contributed by atoms with Crippen molar-refractivity contribution in [3.8, 4) is 29.1 Å². The molecule has 0 bridgehead atoms. The second kappa shape index (κ2) is 11.1. The molecule has 0 saturated heterocycles. The molecule has 4 rings (SSSR count). The fraction of sp³-hybridized carbons (Fsp3) is 0.267. The number of esters is 1. The summed E-state index contributed by atoms with van der Waals surface area (Å²) in [4.78, 5) is 12.6. The number of carbonyl (C=O) groups is 1. The van der Waals surface area contributed by atoms with E-state index >= 15 is 0 Å². The van der Waals surface area contributed by atoms with Crippen molar-refractivity contribution in [3.63, 3.8) is 0 Å². The molecule has 1 aliphatic heterocycles. The molecule has 7 nitrogen and oxygen atoms in total. The van der Waals surface area contributed by atoms with Crippen molar-refractivity contribution in [3.05, 3.63) is 94.4 Å². The van der Waals surface area contributed by atoms with Gasteiger partial charge in [-0.3, -0.25) is 0 Å². The number of benzene rings is 3.